The predicted molar refractivity (Wildman–Crippen MR) is 147 cm³/mol. The minimum atomic E-state index is -0.544. The second-order valence-corrected chi connectivity index (χ2v) is 11.1. The average Bonchev–Trinajstić information content (AvgIpc) is 3.62. The molecule has 0 aliphatic heterocycles. The summed E-state index contributed by atoms with van der Waals surface area (Å²) in [6, 6.07) is 12.9. The number of carbonyl (C=O) groups excluding carboxylic acids is 2. The van der Waals surface area contributed by atoms with Crippen molar-refractivity contribution in [3.8, 4) is 5.69 Å². The second-order valence-electron chi connectivity index (χ2n) is 10.3. The van der Waals surface area contributed by atoms with Crippen molar-refractivity contribution < 1.29 is 9.59 Å². The Balaban J connectivity index is 1.41. The van der Waals surface area contributed by atoms with Gasteiger partial charge in [0.05, 0.1) is 38.7 Å². The molecular weight excluding hydrogens is 509 g/mol. The number of pyridine rings is 1. The van der Waals surface area contributed by atoms with Gasteiger partial charge >= 0.3 is 0 Å². The number of hydrogen-bond acceptors (Lipinski definition) is 4. The standard InChI is InChI=1S/C28H27Cl2N5O2/c1-28(2,3)27(37)32-14-17-9-10-20(29)24(25(17)30)26(36)34-21-5-4-6-23-19(21)15-33-35(23)18-11-12-31-22(13-18)16-7-8-16/h4-6,9-13,15-16H,7-8,14H2,1-3H3,(H,32,37)(H,34,36). The second kappa shape index (κ2) is 9.80. The molecule has 2 aromatic carbocycles. The van der Waals surface area contributed by atoms with Gasteiger partial charge in [-0.05, 0) is 48.7 Å². The van der Waals surface area contributed by atoms with Gasteiger partial charge in [0.25, 0.3) is 5.91 Å². The van der Waals surface area contributed by atoms with E-state index in [1.54, 1.807) is 18.3 Å². The van der Waals surface area contributed by atoms with E-state index in [-0.39, 0.29) is 28.1 Å². The van der Waals surface area contributed by atoms with Gasteiger partial charge < -0.3 is 10.6 Å². The van der Waals surface area contributed by atoms with Crippen molar-refractivity contribution in [3.05, 3.63) is 81.7 Å². The van der Waals surface area contributed by atoms with E-state index in [1.165, 1.54) is 12.8 Å². The van der Waals surface area contributed by atoms with Crippen LogP contribution in [0.4, 0.5) is 5.69 Å². The van der Waals surface area contributed by atoms with Crippen LogP contribution in [0.25, 0.3) is 16.6 Å². The number of anilines is 1. The summed E-state index contributed by atoms with van der Waals surface area (Å²) in [5, 5.41) is 11.6. The first-order chi connectivity index (χ1) is 17.6. The lowest BCUT2D eigenvalue weighted by Gasteiger charge is -2.18. The zero-order chi connectivity index (χ0) is 26.3. The summed E-state index contributed by atoms with van der Waals surface area (Å²) in [5.41, 5.74) is 3.64. The van der Waals surface area contributed by atoms with Crippen molar-refractivity contribution in [3.63, 3.8) is 0 Å². The Bertz CT molecular complexity index is 1520. The fraction of sp³-hybridized carbons (Fsp3) is 0.286. The molecule has 0 bridgehead atoms. The molecule has 1 fully saturated rings. The molecule has 5 rings (SSSR count). The Morgan fingerprint density at radius 2 is 1.89 bits per heavy atom. The van der Waals surface area contributed by atoms with Crippen molar-refractivity contribution >= 4 is 51.6 Å². The highest BCUT2D eigenvalue weighted by Gasteiger charge is 2.26. The van der Waals surface area contributed by atoms with Crippen LogP contribution >= 0.6 is 23.2 Å². The first-order valence-corrected chi connectivity index (χ1v) is 12.9. The van der Waals surface area contributed by atoms with Gasteiger partial charge in [-0.3, -0.25) is 14.6 Å². The molecule has 0 saturated heterocycles. The number of aromatic nitrogens is 3. The third-order valence-corrected chi connectivity index (χ3v) is 7.13. The number of nitrogens with zero attached hydrogens (tertiary/aromatic N) is 3. The van der Waals surface area contributed by atoms with Gasteiger partial charge in [-0.25, -0.2) is 4.68 Å². The molecule has 2 aromatic heterocycles. The number of fused-ring (bicyclic) bond motifs is 1. The van der Waals surface area contributed by atoms with Crippen LogP contribution < -0.4 is 10.6 Å². The molecule has 2 amide bonds. The van der Waals surface area contributed by atoms with Gasteiger partial charge in [0, 0.05) is 35.2 Å². The molecule has 4 aromatic rings. The number of carbonyl (C=O) groups is 2. The zero-order valence-corrected chi connectivity index (χ0v) is 22.3. The van der Waals surface area contributed by atoms with E-state index in [4.69, 9.17) is 23.2 Å². The molecule has 9 heteroatoms. The minimum Gasteiger partial charge on any atom is -0.352 e. The van der Waals surface area contributed by atoms with Crippen LogP contribution in [0.15, 0.2) is 54.9 Å². The van der Waals surface area contributed by atoms with Crippen LogP contribution in [0.1, 0.15) is 61.1 Å². The van der Waals surface area contributed by atoms with Gasteiger partial charge in [0.2, 0.25) is 5.91 Å². The summed E-state index contributed by atoms with van der Waals surface area (Å²) in [7, 11) is 0. The van der Waals surface area contributed by atoms with E-state index in [1.807, 2.05) is 55.9 Å². The van der Waals surface area contributed by atoms with Crippen LogP contribution in [0.5, 0.6) is 0 Å². The number of nitrogens with one attached hydrogen (secondary N) is 2. The van der Waals surface area contributed by atoms with E-state index >= 15 is 0 Å². The van der Waals surface area contributed by atoms with Crippen molar-refractivity contribution in [2.75, 3.05) is 5.32 Å². The molecule has 0 atom stereocenters. The lowest BCUT2D eigenvalue weighted by molar-refractivity contribution is -0.128. The summed E-state index contributed by atoms with van der Waals surface area (Å²) in [6.07, 6.45) is 5.87. The highest BCUT2D eigenvalue weighted by Crippen LogP contribution is 2.39. The molecule has 2 heterocycles. The van der Waals surface area contributed by atoms with Crippen LogP contribution in [-0.4, -0.2) is 26.6 Å². The summed E-state index contributed by atoms with van der Waals surface area (Å²) < 4.78 is 1.84. The lowest BCUT2D eigenvalue weighted by Crippen LogP contribution is -2.34. The van der Waals surface area contributed by atoms with E-state index < -0.39 is 11.3 Å². The minimum absolute atomic E-state index is 0.119. The molecule has 2 N–H and O–H groups in total. The summed E-state index contributed by atoms with van der Waals surface area (Å²) in [4.78, 5) is 30.1. The lowest BCUT2D eigenvalue weighted by atomic mass is 9.95. The zero-order valence-electron chi connectivity index (χ0n) is 20.8. The molecule has 37 heavy (non-hydrogen) atoms. The molecule has 0 spiro atoms. The quantitative estimate of drug-likeness (QED) is 0.294. The van der Waals surface area contributed by atoms with Gasteiger partial charge in [-0.1, -0.05) is 56.1 Å². The van der Waals surface area contributed by atoms with Crippen LogP contribution in [0.2, 0.25) is 10.0 Å². The Labute approximate surface area is 225 Å². The molecule has 1 aliphatic carbocycles. The third-order valence-electron chi connectivity index (χ3n) is 6.39. The van der Waals surface area contributed by atoms with E-state index in [9.17, 15) is 9.59 Å². The Hall–Kier alpha value is -3.42. The molecule has 190 valence electrons. The maximum atomic E-state index is 13.3. The van der Waals surface area contributed by atoms with Crippen LogP contribution in [0, 0.1) is 5.41 Å². The predicted octanol–water partition coefficient (Wildman–Crippen LogP) is 6.52. The summed E-state index contributed by atoms with van der Waals surface area (Å²) >= 11 is 13.0. The summed E-state index contributed by atoms with van der Waals surface area (Å²) in [5.74, 6) is -0.0329. The van der Waals surface area contributed by atoms with Gasteiger partial charge in [-0.15, -0.1) is 0 Å². The SMILES string of the molecule is CC(C)(C)C(=O)NCc1ccc(Cl)c(C(=O)Nc2cccc3c2cnn3-c2ccnc(C3CC3)c2)c1Cl. The maximum Gasteiger partial charge on any atom is 0.258 e. The Morgan fingerprint density at radius 1 is 1.11 bits per heavy atom. The van der Waals surface area contributed by atoms with Crippen molar-refractivity contribution in [2.45, 2.75) is 46.1 Å². The number of halogens is 2. The highest BCUT2D eigenvalue weighted by atomic mass is 35.5. The number of hydrogen-bond donors (Lipinski definition) is 2. The molecule has 1 saturated carbocycles. The third kappa shape index (κ3) is 5.20. The van der Waals surface area contributed by atoms with Crippen LogP contribution in [0.3, 0.4) is 0 Å². The highest BCUT2D eigenvalue weighted by molar-refractivity contribution is 6.41. The first-order valence-electron chi connectivity index (χ1n) is 12.1. The number of benzene rings is 2. The fourth-order valence-corrected chi connectivity index (χ4v) is 4.71. The van der Waals surface area contributed by atoms with E-state index in [2.05, 4.69) is 26.8 Å². The fourth-order valence-electron chi connectivity index (χ4n) is 4.10. The maximum absolute atomic E-state index is 13.3. The molecule has 0 unspecified atom stereocenters. The van der Waals surface area contributed by atoms with Crippen LogP contribution in [-0.2, 0) is 11.3 Å². The van der Waals surface area contributed by atoms with Gasteiger partial charge in [0.15, 0.2) is 0 Å². The van der Waals surface area contributed by atoms with E-state index in [0.717, 1.165) is 22.3 Å². The van der Waals surface area contributed by atoms with Crippen molar-refractivity contribution in [2.24, 2.45) is 5.41 Å². The van der Waals surface area contributed by atoms with Gasteiger partial charge in [0.1, 0.15) is 0 Å². The Morgan fingerprint density at radius 3 is 2.62 bits per heavy atom. The number of rotatable bonds is 6. The van der Waals surface area contributed by atoms with Crippen molar-refractivity contribution in [1.29, 1.82) is 0 Å². The average molecular weight is 536 g/mol. The number of amides is 2. The van der Waals surface area contributed by atoms with Crippen molar-refractivity contribution in [1.82, 2.24) is 20.1 Å². The smallest absolute Gasteiger partial charge is 0.258 e. The normalized spacial score (nSPS) is 13.5. The molecule has 1 aliphatic rings. The topological polar surface area (TPSA) is 88.9 Å². The summed E-state index contributed by atoms with van der Waals surface area (Å²) in [6.45, 7) is 5.67. The molecule has 7 nitrogen and oxygen atoms in total. The first kappa shape index (κ1) is 25.2. The molecule has 0 radical (unpaired) electrons. The van der Waals surface area contributed by atoms with E-state index in [0.29, 0.717) is 17.2 Å². The molecular formula is C28H27Cl2N5O2. The largest absolute Gasteiger partial charge is 0.352 e. The van der Waals surface area contributed by atoms with Gasteiger partial charge in [-0.2, -0.15) is 5.10 Å². The monoisotopic (exact) mass is 535 g/mol. The Kier molecular flexibility index (Phi) is 6.68.